The maximum absolute atomic E-state index is 12.8. The number of nitrogens with zero attached hydrogens (tertiary/aromatic N) is 2. The Kier molecular flexibility index (Phi) is 6.19. The third-order valence-electron chi connectivity index (χ3n) is 6.19. The van der Waals surface area contributed by atoms with Gasteiger partial charge in [-0.2, -0.15) is 13.2 Å². The van der Waals surface area contributed by atoms with Crippen molar-refractivity contribution in [2.24, 2.45) is 0 Å². The number of benzene rings is 3. The van der Waals surface area contributed by atoms with Gasteiger partial charge in [-0.25, -0.2) is 4.98 Å². The molecule has 0 radical (unpaired) electrons. The zero-order valence-corrected chi connectivity index (χ0v) is 19.1. The van der Waals surface area contributed by atoms with Gasteiger partial charge in [-0.05, 0) is 52.8 Å². The van der Waals surface area contributed by atoms with Crippen molar-refractivity contribution >= 4 is 11.6 Å². The number of fused-ring (bicyclic) bond motifs is 1. The molecule has 0 unspecified atom stereocenters. The Morgan fingerprint density at radius 3 is 2.62 bits per heavy atom. The quantitative estimate of drug-likeness (QED) is 0.336. The Morgan fingerprint density at radius 1 is 1.00 bits per heavy atom. The van der Waals surface area contributed by atoms with Crippen LogP contribution >= 0.6 is 11.6 Å². The molecule has 1 N–H and O–H groups in total. The van der Waals surface area contributed by atoms with Crippen LogP contribution in [0, 0.1) is 0 Å². The SMILES string of the molecule is FC(F)(F)CN1CCc2c(Cc3ccc(Cl)c(-c4ncc(-c5ccccc5)[nH]4)c3)cccc2C1. The van der Waals surface area contributed by atoms with Gasteiger partial charge < -0.3 is 4.98 Å². The highest BCUT2D eigenvalue weighted by molar-refractivity contribution is 6.33. The molecule has 0 fully saturated rings. The number of rotatable bonds is 5. The van der Waals surface area contributed by atoms with Crippen molar-refractivity contribution < 1.29 is 13.2 Å². The van der Waals surface area contributed by atoms with Gasteiger partial charge in [-0.15, -0.1) is 0 Å². The van der Waals surface area contributed by atoms with Gasteiger partial charge in [0.05, 0.1) is 23.5 Å². The molecular formula is C27H23ClF3N3. The monoisotopic (exact) mass is 481 g/mol. The molecule has 0 saturated carbocycles. The lowest BCUT2D eigenvalue weighted by atomic mass is 9.90. The minimum atomic E-state index is -4.18. The smallest absolute Gasteiger partial charge is 0.338 e. The van der Waals surface area contributed by atoms with E-state index < -0.39 is 12.7 Å². The first-order valence-corrected chi connectivity index (χ1v) is 11.5. The van der Waals surface area contributed by atoms with Gasteiger partial charge in [0.1, 0.15) is 5.82 Å². The number of hydrogen-bond donors (Lipinski definition) is 1. The Balaban J connectivity index is 1.39. The Morgan fingerprint density at radius 2 is 1.82 bits per heavy atom. The summed E-state index contributed by atoms with van der Waals surface area (Å²) >= 11 is 6.52. The van der Waals surface area contributed by atoms with Crippen LogP contribution in [0.4, 0.5) is 13.2 Å². The molecule has 1 aliphatic rings. The van der Waals surface area contributed by atoms with Gasteiger partial charge in [0, 0.05) is 18.7 Å². The van der Waals surface area contributed by atoms with E-state index in [4.69, 9.17) is 11.6 Å². The van der Waals surface area contributed by atoms with E-state index in [-0.39, 0.29) is 0 Å². The largest absolute Gasteiger partial charge is 0.401 e. The number of aromatic nitrogens is 2. The van der Waals surface area contributed by atoms with Gasteiger partial charge in [0.2, 0.25) is 0 Å². The van der Waals surface area contributed by atoms with Crippen molar-refractivity contribution in [2.75, 3.05) is 13.1 Å². The molecule has 0 aliphatic carbocycles. The van der Waals surface area contributed by atoms with Crippen LogP contribution in [0.1, 0.15) is 22.3 Å². The maximum Gasteiger partial charge on any atom is 0.401 e. The predicted molar refractivity (Wildman–Crippen MR) is 129 cm³/mol. The molecule has 174 valence electrons. The molecule has 0 saturated heterocycles. The number of halogens is 4. The average molecular weight is 482 g/mol. The molecule has 0 amide bonds. The van der Waals surface area contributed by atoms with Crippen LogP contribution in [0.2, 0.25) is 5.02 Å². The third-order valence-corrected chi connectivity index (χ3v) is 6.52. The lowest BCUT2D eigenvalue weighted by Crippen LogP contribution is -2.38. The first-order chi connectivity index (χ1) is 16.4. The van der Waals surface area contributed by atoms with E-state index in [2.05, 4.69) is 16.0 Å². The number of imidazole rings is 1. The summed E-state index contributed by atoms with van der Waals surface area (Å²) in [6.07, 6.45) is -1.09. The lowest BCUT2D eigenvalue weighted by molar-refractivity contribution is -0.147. The normalized spacial score (nSPS) is 14.2. The molecule has 4 aromatic rings. The van der Waals surface area contributed by atoms with Crippen molar-refractivity contribution in [2.45, 2.75) is 25.6 Å². The molecule has 1 aromatic heterocycles. The summed E-state index contributed by atoms with van der Waals surface area (Å²) in [7, 11) is 0. The molecule has 7 heteroatoms. The van der Waals surface area contributed by atoms with E-state index in [1.54, 1.807) is 6.20 Å². The lowest BCUT2D eigenvalue weighted by Gasteiger charge is -2.30. The van der Waals surface area contributed by atoms with Crippen LogP contribution in [-0.4, -0.2) is 34.1 Å². The molecule has 1 aliphatic heterocycles. The highest BCUT2D eigenvalue weighted by Gasteiger charge is 2.32. The molecule has 0 atom stereocenters. The summed E-state index contributed by atoms with van der Waals surface area (Å²) in [5.41, 5.74) is 7.12. The number of H-pyrrole nitrogens is 1. The van der Waals surface area contributed by atoms with Gasteiger partial charge in [-0.1, -0.05) is 66.2 Å². The van der Waals surface area contributed by atoms with Gasteiger partial charge >= 0.3 is 6.18 Å². The molecule has 2 heterocycles. The summed E-state index contributed by atoms with van der Waals surface area (Å²) in [6.45, 7) is -0.140. The van der Waals surface area contributed by atoms with Crippen LogP contribution in [0.15, 0.2) is 72.9 Å². The van der Waals surface area contributed by atoms with Gasteiger partial charge in [-0.3, -0.25) is 4.90 Å². The minimum Gasteiger partial charge on any atom is -0.338 e. The molecule has 0 spiro atoms. The maximum atomic E-state index is 12.8. The Hall–Kier alpha value is -3.09. The minimum absolute atomic E-state index is 0.323. The van der Waals surface area contributed by atoms with Crippen LogP contribution < -0.4 is 0 Å². The van der Waals surface area contributed by atoms with Crippen molar-refractivity contribution in [3.05, 3.63) is 100 Å². The van der Waals surface area contributed by atoms with Crippen LogP contribution in [0.5, 0.6) is 0 Å². The van der Waals surface area contributed by atoms with Crippen LogP contribution in [0.3, 0.4) is 0 Å². The number of aromatic amines is 1. The fourth-order valence-electron chi connectivity index (χ4n) is 4.61. The zero-order chi connectivity index (χ0) is 23.7. The number of nitrogens with one attached hydrogen (secondary N) is 1. The average Bonchev–Trinajstić information content (AvgIpc) is 3.30. The van der Waals surface area contributed by atoms with Crippen molar-refractivity contribution in [1.29, 1.82) is 0 Å². The first kappa shape index (κ1) is 22.7. The molecule has 34 heavy (non-hydrogen) atoms. The second-order valence-electron chi connectivity index (χ2n) is 8.63. The van der Waals surface area contributed by atoms with Crippen molar-refractivity contribution in [3.63, 3.8) is 0 Å². The molecule has 5 rings (SSSR count). The fourth-order valence-corrected chi connectivity index (χ4v) is 4.81. The summed E-state index contributed by atoms with van der Waals surface area (Å²) in [4.78, 5) is 9.37. The van der Waals surface area contributed by atoms with Gasteiger partial charge in [0.25, 0.3) is 0 Å². The Bertz CT molecular complexity index is 1300. The predicted octanol–water partition coefficient (Wildman–Crippen LogP) is 6.91. The molecule has 0 bridgehead atoms. The first-order valence-electron chi connectivity index (χ1n) is 11.1. The molecule has 3 aromatic carbocycles. The second-order valence-corrected chi connectivity index (χ2v) is 9.04. The van der Waals surface area contributed by atoms with E-state index in [0.717, 1.165) is 39.1 Å². The van der Waals surface area contributed by atoms with Crippen LogP contribution in [0.25, 0.3) is 22.6 Å². The topological polar surface area (TPSA) is 31.9 Å². The number of hydrogen-bond acceptors (Lipinski definition) is 2. The number of alkyl halides is 3. The summed E-state index contributed by atoms with van der Waals surface area (Å²) in [5, 5.41) is 0.607. The zero-order valence-electron chi connectivity index (χ0n) is 18.4. The molecular weight excluding hydrogens is 459 g/mol. The summed E-state index contributed by atoms with van der Waals surface area (Å²) in [5.74, 6) is 0.698. The second kappa shape index (κ2) is 9.28. The van der Waals surface area contributed by atoms with Crippen LogP contribution in [-0.2, 0) is 19.4 Å². The fraction of sp³-hybridized carbons (Fsp3) is 0.222. The van der Waals surface area contributed by atoms with E-state index in [9.17, 15) is 13.2 Å². The van der Waals surface area contributed by atoms with E-state index in [1.807, 2.05) is 60.7 Å². The summed E-state index contributed by atoms with van der Waals surface area (Å²) < 4.78 is 38.5. The van der Waals surface area contributed by atoms with Gasteiger partial charge in [0.15, 0.2) is 0 Å². The van der Waals surface area contributed by atoms with E-state index >= 15 is 0 Å². The highest BCUT2D eigenvalue weighted by Crippen LogP contribution is 2.31. The Labute approximate surface area is 201 Å². The summed E-state index contributed by atoms with van der Waals surface area (Å²) in [6, 6.07) is 21.8. The standard InChI is InChI=1S/C27H23ClF3N3/c28-24-10-9-18(14-23(24)26-32-15-25(33-26)19-5-2-1-3-6-19)13-20-7-4-8-21-16-34(12-11-22(20)21)17-27(29,30)31/h1-10,14-15H,11-13,16-17H2,(H,32,33). The highest BCUT2D eigenvalue weighted by atomic mass is 35.5. The van der Waals surface area contributed by atoms with Crippen molar-refractivity contribution in [1.82, 2.24) is 14.9 Å². The molecule has 3 nitrogen and oxygen atoms in total. The van der Waals surface area contributed by atoms with Crippen molar-refractivity contribution in [3.8, 4) is 22.6 Å². The van der Waals surface area contributed by atoms with E-state index in [1.165, 1.54) is 4.90 Å². The van der Waals surface area contributed by atoms with E-state index in [0.29, 0.717) is 36.8 Å². The third kappa shape index (κ3) is 5.03.